The first kappa shape index (κ1) is 17.6. The highest BCUT2D eigenvalue weighted by Crippen LogP contribution is 2.41. The molecule has 0 radical (unpaired) electrons. The molecule has 1 saturated heterocycles. The fourth-order valence-electron chi connectivity index (χ4n) is 2.57. The van der Waals surface area contributed by atoms with E-state index in [2.05, 4.69) is 0 Å². The fraction of sp³-hybridized carbons (Fsp3) is 0.150. The predicted octanol–water partition coefficient (Wildman–Crippen LogP) is 3.63. The largest absolute Gasteiger partial charge is 0.467 e. The van der Waals surface area contributed by atoms with Gasteiger partial charge in [0, 0.05) is 12.1 Å². The smallest absolute Gasteiger partial charge is 0.345 e. The van der Waals surface area contributed by atoms with Crippen LogP contribution >= 0.6 is 0 Å². The second kappa shape index (κ2) is 7.33. The molecule has 2 aromatic carbocycles. The molecule has 26 heavy (non-hydrogen) atoms. The number of ether oxygens (including phenoxy) is 2. The maximum absolute atomic E-state index is 12.2. The Labute approximate surface area is 150 Å². The second-order valence-corrected chi connectivity index (χ2v) is 5.77. The summed E-state index contributed by atoms with van der Waals surface area (Å²) >= 11 is 0. The number of rotatable bonds is 6. The molecule has 6 heteroatoms. The van der Waals surface area contributed by atoms with Crippen LogP contribution in [0.3, 0.4) is 0 Å². The van der Waals surface area contributed by atoms with Crippen LogP contribution in [0.25, 0.3) is 12.2 Å². The lowest BCUT2D eigenvalue weighted by Gasteiger charge is -2.04. The number of esters is 1. The van der Waals surface area contributed by atoms with Crippen molar-refractivity contribution in [3.63, 3.8) is 0 Å². The summed E-state index contributed by atoms with van der Waals surface area (Å²) in [6.45, 7) is 0. The van der Waals surface area contributed by atoms with E-state index in [1.165, 1.54) is 19.2 Å². The summed E-state index contributed by atoms with van der Waals surface area (Å²) in [7, 11) is 1.32. The molecule has 0 aromatic heterocycles. The van der Waals surface area contributed by atoms with Crippen molar-refractivity contribution >= 4 is 23.8 Å². The third-order valence-electron chi connectivity index (χ3n) is 4.08. The number of nitro benzene ring substituents is 1. The Bertz CT molecular complexity index is 858. The summed E-state index contributed by atoms with van der Waals surface area (Å²) in [5.74, 6) is -0.469. The Balaban J connectivity index is 1.74. The van der Waals surface area contributed by atoms with Gasteiger partial charge in [-0.2, -0.15) is 0 Å². The van der Waals surface area contributed by atoms with Gasteiger partial charge in [0.25, 0.3) is 5.69 Å². The zero-order valence-corrected chi connectivity index (χ0v) is 14.1. The second-order valence-electron chi connectivity index (χ2n) is 5.77. The van der Waals surface area contributed by atoms with Crippen LogP contribution in [0, 0.1) is 10.1 Å². The molecular weight excluding hydrogens is 334 g/mol. The molecule has 132 valence electrons. The lowest BCUT2D eigenvalue weighted by atomic mass is 10.0. The van der Waals surface area contributed by atoms with Gasteiger partial charge in [0.05, 0.1) is 12.0 Å². The maximum Gasteiger partial charge on any atom is 0.345 e. The molecule has 3 rings (SSSR count). The molecule has 0 spiro atoms. The molecule has 0 bridgehead atoms. The molecule has 1 fully saturated rings. The molecule has 0 amide bonds. The van der Waals surface area contributed by atoms with Gasteiger partial charge >= 0.3 is 5.97 Å². The van der Waals surface area contributed by atoms with Gasteiger partial charge in [-0.15, -0.1) is 0 Å². The van der Waals surface area contributed by atoms with E-state index in [0.717, 1.165) is 11.1 Å². The zero-order valence-electron chi connectivity index (χ0n) is 14.1. The first-order valence-electron chi connectivity index (χ1n) is 7.98. The van der Waals surface area contributed by atoms with Crippen molar-refractivity contribution in [2.75, 3.05) is 7.11 Å². The lowest BCUT2D eigenvalue weighted by molar-refractivity contribution is -0.384. The average Bonchev–Trinajstić information content (AvgIpc) is 3.39. The highest BCUT2D eigenvalue weighted by molar-refractivity contribution is 5.88. The summed E-state index contributed by atoms with van der Waals surface area (Å²) in [4.78, 5) is 22.4. The molecular formula is C20H17NO5. The van der Waals surface area contributed by atoms with E-state index < -0.39 is 22.6 Å². The van der Waals surface area contributed by atoms with E-state index >= 15 is 0 Å². The molecule has 6 nitrogen and oxygen atoms in total. The normalized spacial score (nSPS) is 21.8. The van der Waals surface area contributed by atoms with Crippen molar-refractivity contribution in [1.29, 1.82) is 0 Å². The van der Waals surface area contributed by atoms with Crippen LogP contribution in [0.1, 0.15) is 11.1 Å². The Kier molecular flexibility index (Phi) is 4.95. The monoisotopic (exact) mass is 351 g/mol. The summed E-state index contributed by atoms with van der Waals surface area (Å²) in [6, 6.07) is 15.7. The van der Waals surface area contributed by atoms with E-state index in [4.69, 9.17) is 9.47 Å². The molecule has 0 saturated carbocycles. The van der Waals surface area contributed by atoms with E-state index in [9.17, 15) is 14.9 Å². The first-order chi connectivity index (χ1) is 12.5. The van der Waals surface area contributed by atoms with Crippen LogP contribution in [0.5, 0.6) is 0 Å². The molecule has 1 aliphatic heterocycles. The van der Waals surface area contributed by atoms with Gasteiger partial charge in [-0.05, 0) is 29.3 Å². The molecule has 1 heterocycles. The van der Waals surface area contributed by atoms with Gasteiger partial charge in [0.1, 0.15) is 6.10 Å². The van der Waals surface area contributed by atoms with Crippen molar-refractivity contribution in [2.24, 2.45) is 0 Å². The number of methoxy groups -OCH3 is 1. The molecule has 0 unspecified atom stereocenters. The van der Waals surface area contributed by atoms with Gasteiger partial charge in [-0.3, -0.25) is 10.1 Å². The summed E-state index contributed by atoms with van der Waals surface area (Å²) in [6.07, 6.45) is 6.56. The van der Waals surface area contributed by atoms with Gasteiger partial charge in [-0.25, -0.2) is 4.79 Å². The van der Waals surface area contributed by atoms with E-state index in [0.29, 0.717) is 0 Å². The van der Waals surface area contributed by atoms with Crippen molar-refractivity contribution in [1.82, 2.24) is 0 Å². The lowest BCUT2D eigenvalue weighted by Crippen LogP contribution is -2.25. The van der Waals surface area contributed by atoms with Crippen molar-refractivity contribution < 1.29 is 19.2 Å². The first-order valence-corrected chi connectivity index (χ1v) is 7.98. The number of carbonyl (C=O) groups is 1. The number of nitrogens with zero attached hydrogens (tertiary/aromatic N) is 1. The average molecular weight is 351 g/mol. The summed E-state index contributed by atoms with van der Waals surface area (Å²) in [5.41, 5.74) is 0.614. The Morgan fingerprint density at radius 2 is 1.77 bits per heavy atom. The molecule has 2 atom stereocenters. The summed E-state index contributed by atoms with van der Waals surface area (Å²) < 4.78 is 10.5. The van der Waals surface area contributed by atoms with Crippen molar-refractivity contribution in [3.05, 3.63) is 88.0 Å². The van der Waals surface area contributed by atoms with Crippen LogP contribution in [0.2, 0.25) is 0 Å². The topological polar surface area (TPSA) is 82.0 Å². The zero-order chi connectivity index (χ0) is 18.6. The van der Waals surface area contributed by atoms with Crippen LogP contribution in [0.4, 0.5) is 5.69 Å². The fourth-order valence-corrected chi connectivity index (χ4v) is 2.57. The highest BCUT2D eigenvalue weighted by atomic mass is 16.7. The molecule has 0 N–H and O–H groups in total. The number of benzene rings is 2. The number of hydrogen-bond donors (Lipinski definition) is 0. The Hall–Kier alpha value is -3.25. The van der Waals surface area contributed by atoms with Crippen molar-refractivity contribution in [2.45, 2.75) is 11.7 Å². The van der Waals surface area contributed by atoms with Gasteiger partial charge in [0.15, 0.2) is 0 Å². The minimum absolute atomic E-state index is 0.0273. The van der Waals surface area contributed by atoms with Gasteiger partial charge in [-0.1, -0.05) is 48.6 Å². The molecule has 2 aromatic rings. The number of epoxide rings is 1. The van der Waals surface area contributed by atoms with Crippen molar-refractivity contribution in [3.8, 4) is 0 Å². The minimum atomic E-state index is -1.14. The number of nitro groups is 1. The number of hydrogen-bond acceptors (Lipinski definition) is 5. The molecule has 1 aliphatic rings. The quantitative estimate of drug-likeness (QED) is 0.343. The highest BCUT2D eigenvalue weighted by Gasteiger charge is 2.60. The number of non-ortho nitro benzene ring substituents is 1. The third-order valence-corrected chi connectivity index (χ3v) is 4.08. The van der Waals surface area contributed by atoms with E-state index in [-0.39, 0.29) is 5.69 Å². The summed E-state index contributed by atoms with van der Waals surface area (Å²) in [5, 5.41) is 10.7. The predicted molar refractivity (Wildman–Crippen MR) is 97.2 cm³/mol. The van der Waals surface area contributed by atoms with Crippen LogP contribution in [-0.2, 0) is 14.3 Å². The minimum Gasteiger partial charge on any atom is -0.467 e. The van der Waals surface area contributed by atoms with Gasteiger partial charge < -0.3 is 9.47 Å². The molecule has 0 aliphatic carbocycles. The maximum atomic E-state index is 12.2. The van der Waals surface area contributed by atoms with Crippen LogP contribution in [0.15, 0.2) is 66.7 Å². The van der Waals surface area contributed by atoms with E-state index in [1.807, 2.05) is 36.4 Å². The Morgan fingerprint density at radius 1 is 1.12 bits per heavy atom. The standard InChI is InChI=1S/C20H17NO5/c1-25-19(22)20(14-13-15-5-3-2-4-6-15)18(26-20)12-9-16-7-10-17(11-8-16)21(23)24/h2-14,18H,1H3/b12-9+,14-13+/t18-,20-/m1/s1. The number of carbonyl (C=O) groups excluding carboxylic acids is 1. The van der Waals surface area contributed by atoms with Crippen LogP contribution < -0.4 is 0 Å². The third kappa shape index (κ3) is 3.70. The van der Waals surface area contributed by atoms with Gasteiger partial charge in [0.2, 0.25) is 5.60 Å². The van der Waals surface area contributed by atoms with Crippen LogP contribution in [-0.4, -0.2) is 29.7 Å². The van der Waals surface area contributed by atoms with E-state index in [1.54, 1.807) is 30.4 Å². The SMILES string of the molecule is COC(=O)[C@]1(/C=C/c2ccccc2)O[C@@H]1/C=C/c1ccc([N+](=O)[O-])cc1. The Morgan fingerprint density at radius 3 is 2.38 bits per heavy atom.